The number of rotatable bonds is 4. The molecule has 4 heteroatoms. The zero-order valence-electron chi connectivity index (χ0n) is 12.2. The molecule has 2 aromatic carbocycles. The van der Waals surface area contributed by atoms with Gasteiger partial charge in [0.1, 0.15) is 17.1 Å². The Labute approximate surface area is 133 Å². The second kappa shape index (κ2) is 6.76. The first-order valence-electron chi connectivity index (χ1n) is 6.71. The SMILES string of the molecule is Cc1ccc(OC(=O)c2ccccc2OC(C)C)c(Br)c1. The predicted octanol–water partition coefficient (Wildman–Crippen LogP) is 4.76. The summed E-state index contributed by atoms with van der Waals surface area (Å²) < 4.78 is 11.8. The summed E-state index contributed by atoms with van der Waals surface area (Å²) in [5, 5.41) is 0. The van der Waals surface area contributed by atoms with Crippen molar-refractivity contribution >= 4 is 21.9 Å². The molecule has 0 N–H and O–H groups in total. The lowest BCUT2D eigenvalue weighted by atomic mass is 10.2. The lowest BCUT2D eigenvalue weighted by Gasteiger charge is -2.14. The summed E-state index contributed by atoms with van der Waals surface area (Å²) in [6, 6.07) is 12.6. The number of esters is 1. The Hall–Kier alpha value is -1.81. The minimum absolute atomic E-state index is 0.00920. The molecular formula is C17H17BrO3. The van der Waals surface area contributed by atoms with E-state index < -0.39 is 5.97 Å². The lowest BCUT2D eigenvalue weighted by molar-refractivity contribution is 0.0727. The molecule has 3 nitrogen and oxygen atoms in total. The highest BCUT2D eigenvalue weighted by molar-refractivity contribution is 9.10. The van der Waals surface area contributed by atoms with Crippen molar-refractivity contribution in [3.63, 3.8) is 0 Å². The molecule has 0 aliphatic heterocycles. The number of benzene rings is 2. The Kier molecular flexibility index (Phi) is 5.02. The van der Waals surface area contributed by atoms with Gasteiger partial charge in [0.25, 0.3) is 0 Å². The lowest BCUT2D eigenvalue weighted by Crippen LogP contribution is -2.14. The van der Waals surface area contributed by atoms with E-state index in [1.807, 2.05) is 39.0 Å². The van der Waals surface area contributed by atoms with E-state index in [0.29, 0.717) is 17.1 Å². The van der Waals surface area contributed by atoms with Crippen molar-refractivity contribution in [2.45, 2.75) is 26.9 Å². The number of carbonyl (C=O) groups is 1. The summed E-state index contributed by atoms with van der Waals surface area (Å²) in [5.74, 6) is 0.585. The van der Waals surface area contributed by atoms with Crippen LogP contribution in [0.4, 0.5) is 0 Å². The third-order valence-corrected chi connectivity index (χ3v) is 3.38. The van der Waals surface area contributed by atoms with Crippen LogP contribution in [0.2, 0.25) is 0 Å². The fourth-order valence-corrected chi connectivity index (χ4v) is 2.41. The van der Waals surface area contributed by atoms with Crippen molar-refractivity contribution in [1.29, 1.82) is 0 Å². The van der Waals surface area contributed by atoms with Crippen molar-refractivity contribution < 1.29 is 14.3 Å². The average molecular weight is 349 g/mol. The number of hydrogen-bond acceptors (Lipinski definition) is 3. The predicted molar refractivity (Wildman–Crippen MR) is 86.0 cm³/mol. The number of hydrogen-bond donors (Lipinski definition) is 0. The Bertz CT molecular complexity index is 650. The second-order valence-corrected chi connectivity index (χ2v) is 5.84. The number of carbonyl (C=O) groups excluding carboxylic acids is 1. The highest BCUT2D eigenvalue weighted by atomic mass is 79.9. The monoisotopic (exact) mass is 348 g/mol. The molecule has 2 rings (SSSR count). The largest absolute Gasteiger partial charge is 0.490 e. The Morgan fingerprint density at radius 2 is 1.81 bits per heavy atom. The summed E-state index contributed by atoms with van der Waals surface area (Å²) in [7, 11) is 0. The van der Waals surface area contributed by atoms with Crippen LogP contribution in [0, 0.1) is 6.92 Å². The highest BCUT2D eigenvalue weighted by Gasteiger charge is 2.16. The third-order valence-electron chi connectivity index (χ3n) is 2.76. The summed E-state index contributed by atoms with van der Waals surface area (Å²) >= 11 is 3.40. The van der Waals surface area contributed by atoms with Crippen LogP contribution in [0.3, 0.4) is 0 Å². The van der Waals surface area contributed by atoms with Gasteiger partial charge in [-0.3, -0.25) is 0 Å². The summed E-state index contributed by atoms with van der Waals surface area (Å²) in [4.78, 5) is 12.3. The molecule has 0 heterocycles. The van der Waals surface area contributed by atoms with Crippen LogP contribution in [0.25, 0.3) is 0 Å². The molecule has 0 aliphatic rings. The standard InChI is InChI=1S/C17H17BrO3/c1-11(2)20-15-7-5-4-6-13(15)17(19)21-16-9-8-12(3)10-14(16)18/h4-11H,1-3H3. The van der Waals surface area contributed by atoms with Gasteiger partial charge in [-0.15, -0.1) is 0 Å². The van der Waals surface area contributed by atoms with E-state index in [9.17, 15) is 4.79 Å². The highest BCUT2D eigenvalue weighted by Crippen LogP contribution is 2.28. The van der Waals surface area contributed by atoms with Crippen molar-refractivity contribution in [2.24, 2.45) is 0 Å². The maximum absolute atomic E-state index is 12.3. The fourth-order valence-electron chi connectivity index (χ4n) is 1.84. The van der Waals surface area contributed by atoms with Gasteiger partial charge in [0.05, 0.1) is 10.6 Å². The molecule has 0 aromatic heterocycles. The van der Waals surface area contributed by atoms with Crippen molar-refractivity contribution in [1.82, 2.24) is 0 Å². The first-order valence-corrected chi connectivity index (χ1v) is 7.50. The molecule has 0 atom stereocenters. The van der Waals surface area contributed by atoms with E-state index in [4.69, 9.17) is 9.47 Å². The first kappa shape index (κ1) is 15.6. The maximum Gasteiger partial charge on any atom is 0.347 e. The van der Waals surface area contributed by atoms with Crippen LogP contribution in [0.15, 0.2) is 46.9 Å². The van der Waals surface area contributed by atoms with Crippen molar-refractivity contribution in [3.8, 4) is 11.5 Å². The fraction of sp³-hybridized carbons (Fsp3) is 0.235. The van der Waals surface area contributed by atoms with Crippen LogP contribution in [0.5, 0.6) is 11.5 Å². The van der Waals surface area contributed by atoms with Gasteiger partial charge in [-0.2, -0.15) is 0 Å². The van der Waals surface area contributed by atoms with E-state index in [1.165, 1.54) is 0 Å². The van der Waals surface area contributed by atoms with Gasteiger partial charge in [-0.1, -0.05) is 18.2 Å². The van der Waals surface area contributed by atoms with Crippen molar-refractivity contribution in [2.75, 3.05) is 0 Å². The van der Waals surface area contributed by atoms with Gasteiger partial charge in [0, 0.05) is 0 Å². The summed E-state index contributed by atoms with van der Waals surface area (Å²) in [5.41, 5.74) is 1.50. The Balaban J connectivity index is 2.24. The molecule has 0 spiro atoms. The minimum atomic E-state index is -0.434. The molecule has 0 fully saturated rings. The van der Waals surface area contributed by atoms with Crippen LogP contribution in [-0.4, -0.2) is 12.1 Å². The summed E-state index contributed by atoms with van der Waals surface area (Å²) in [6.45, 7) is 5.81. The molecule has 110 valence electrons. The van der Waals surface area contributed by atoms with Gasteiger partial charge in [-0.25, -0.2) is 4.79 Å². The molecule has 0 saturated heterocycles. The molecule has 2 aromatic rings. The topological polar surface area (TPSA) is 35.5 Å². The second-order valence-electron chi connectivity index (χ2n) is 4.99. The molecule has 0 bridgehead atoms. The molecule has 0 radical (unpaired) electrons. The zero-order valence-corrected chi connectivity index (χ0v) is 13.8. The van der Waals surface area contributed by atoms with Gasteiger partial charge < -0.3 is 9.47 Å². The number of aryl methyl sites for hydroxylation is 1. The maximum atomic E-state index is 12.3. The Morgan fingerprint density at radius 3 is 2.48 bits per heavy atom. The van der Waals surface area contributed by atoms with Gasteiger partial charge in [0.2, 0.25) is 0 Å². The molecule has 0 unspecified atom stereocenters. The number of ether oxygens (including phenoxy) is 2. The van der Waals surface area contributed by atoms with Crippen molar-refractivity contribution in [3.05, 3.63) is 58.1 Å². The zero-order chi connectivity index (χ0) is 15.4. The van der Waals surface area contributed by atoms with E-state index in [1.54, 1.807) is 24.3 Å². The molecule has 0 aliphatic carbocycles. The van der Waals surface area contributed by atoms with Crippen LogP contribution >= 0.6 is 15.9 Å². The van der Waals surface area contributed by atoms with Gasteiger partial charge in [-0.05, 0) is 66.5 Å². The summed E-state index contributed by atoms with van der Waals surface area (Å²) in [6.07, 6.45) is -0.00920. The minimum Gasteiger partial charge on any atom is -0.490 e. The van der Waals surface area contributed by atoms with E-state index in [-0.39, 0.29) is 6.10 Å². The van der Waals surface area contributed by atoms with Crippen LogP contribution < -0.4 is 9.47 Å². The number of halogens is 1. The van der Waals surface area contributed by atoms with E-state index >= 15 is 0 Å². The smallest absolute Gasteiger partial charge is 0.347 e. The van der Waals surface area contributed by atoms with E-state index in [2.05, 4.69) is 15.9 Å². The first-order chi connectivity index (χ1) is 9.97. The molecular weight excluding hydrogens is 332 g/mol. The van der Waals surface area contributed by atoms with E-state index in [0.717, 1.165) is 10.0 Å². The quantitative estimate of drug-likeness (QED) is 0.590. The van der Waals surface area contributed by atoms with Crippen LogP contribution in [0.1, 0.15) is 29.8 Å². The molecule has 21 heavy (non-hydrogen) atoms. The number of para-hydroxylation sites is 1. The molecule has 0 amide bonds. The van der Waals surface area contributed by atoms with Gasteiger partial charge >= 0.3 is 5.97 Å². The normalized spacial score (nSPS) is 10.5. The third kappa shape index (κ3) is 4.08. The average Bonchev–Trinajstić information content (AvgIpc) is 2.42. The Morgan fingerprint density at radius 1 is 1.10 bits per heavy atom. The van der Waals surface area contributed by atoms with Gasteiger partial charge in [0.15, 0.2) is 0 Å². The van der Waals surface area contributed by atoms with Crippen LogP contribution in [-0.2, 0) is 0 Å². The molecule has 0 saturated carbocycles.